The predicted molar refractivity (Wildman–Crippen MR) is 72.3 cm³/mol. The van der Waals surface area contributed by atoms with Crippen molar-refractivity contribution in [3.05, 3.63) is 52.5 Å². The number of nitrogens with one attached hydrogen (secondary N) is 1. The first-order valence-corrected chi connectivity index (χ1v) is 6.42. The summed E-state index contributed by atoms with van der Waals surface area (Å²) < 4.78 is 42.3. The Morgan fingerprint density at radius 2 is 2.05 bits per heavy atom. The lowest BCUT2D eigenvalue weighted by Gasteiger charge is -2.09. The molecule has 2 aromatic rings. The molecule has 0 saturated heterocycles. The zero-order valence-corrected chi connectivity index (χ0v) is 11.7. The number of benzene rings is 1. The highest BCUT2D eigenvalue weighted by Crippen LogP contribution is 2.23. The van der Waals surface area contributed by atoms with Crippen molar-refractivity contribution < 1.29 is 17.9 Å². The summed E-state index contributed by atoms with van der Waals surface area (Å²) in [6, 6.07) is 7.35. The first-order valence-electron chi connectivity index (χ1n) is 5.63. The molecule has 1 aromatic heterocycles. The van der Waals surface area contributed by atoms with E-state index in [0.717, 1.165) is 22.3 Å². The second-order valence-corrected chi connectivity index (χ2v) is 4.76. The van der Waals surface area contributed by atoms with E-state index >= 15 is 0 Å². The summed E-state index contributed by atoms with van der Waals surface area (Å²) >= 11 is 3.27. The van der Waals surface area contributed by atoms with Gasteiger partial charge in [0.1, 0.15) is 0 Å². The van der Waals surface area contributed by atoms with Crippen LogP contribution in [0.25, 0.3) is 0 Å². The number of pyridine rings is 1. The zero-order chi connectivity index (χ0) is 14.5. The van der Waals surface area contributed by atoms with Crippen LogP contribution in [0, 0.1) is 5.82 Å². The van der Waals surface area contributed by atoms with Crippen molar-refractivity contribution in [2.45, 2.75) is 13.2 Å². The molecule has 106 valence electrons. The maximum atomic E-state index is 13.5. The average molecular weight is 347 g/mol. The minimum Gasteiger partial charge on any atom is -0.432 e. The predicted octanol–water partition coefficient (Wildman–Crippen LogP) is 4.20. The monoisotopic (exact) mass is 346 g/mol. The van der Waals surface area contributed by atoms with E-state index in [2.05, 4.69) is 31.0 Å². The molecular formula is C13H10BrF3N2O. The van der Waals surface area contributed by atoms with E-state index in [9.17, 15) is 13.2 Å². The van der Waals surface area contributed by atoms with Gasteiger partial charge in [0.2, 0.25) is 0 Å². The highest BCUT2D eigenvalue weighted by Gasteiger charge is 2.10. The lowest BCUT2D eigenvalue weighted by molar-refractivity contribution is -0.0521. The Morgan fingerprint density at radius 1 is 1.25 bits per heavy atom. The summed E-state index contributed by atoms with van der Waals surface area (Å²) in [6.45, 7) is -2.66. The number of alkyl halides is 2. The number of ether oxygens (including phenoxy) is 1. The van der Waals surface area contributed by atoms with Gasteiger partial charge in [0.15, 0.2) is 11.6 Å². The first-order chi connectivity index (χ1) is 9.54. The molecule has 0 aliphatic heterocycles. The van der Waals surface area contributed by atoms with Crippen molar-refractivity contribution in [3.8, 4) is 5.75 Å². The third-order valence-corrected chi connectivity index (χ3v) is 2.88. The minimum absolute atomic E-state index is 0.391. The molecule has 0 radical (unpaired) electrons. The largest absolute Gasteiger partial charge is 0.432 e. The molecule has 0 aliphatic rings. The number of nitrogens with zero attached hydrogens (tertiary/aromatic N) is 1. The number of aromatic nitrogens is 1. The second kappa shape index (κ2) is 6.60. The minimum atomic E-state index is -3.05. The molecule has 0 amide bonds. The van der Waals surface area contributed by atoms with Crippen LogP contribution >= 0.6 is 15.9 Å². The van der Waals surface area contributed by atoms with Crippen LogP contribution in [-0.2, 0) is 6.54 Å². The molecule has 1 heterocycles. The topological polar surface area (TPSA) is 34.2 Å². The number of anilines is 1. The van der Waals surface area contributed by atoms with Crippen molar-refractivity contribution in [1.82, 2.24) is 4.98 Å². The van der Waals surface area contributed by atoms with E-state index in [1.807, 2.05) is 12.1 Å². The van der Waals surface area contributed by atoms with Gasteiger partial charge in [-0.25, -0.2) is 4.39 Å². The molecule has 0 fully saturated rings. The van der Waals surface area contributed by atoms with Crippen molar-refractivity contribution in [2.24, 2.45) is 0 Å². The van der Waals surface area contributed by atoms with Gasteiger partial charge >= 0.3 is 6.61 Å². The SMILES string of the molecule is Fc1cc(NCc2ccc(Br)cn2)ccc1OC(F)F. The Bertz CT molecular complexity index is 578. The summed E-state index contributed by atoms with van der Waals surface area (Å²) in [5.74, 6) is -1.33. The van der Waals surface area contributed by atoms with Gasteiger partial charge in [0.05, 0.1) is 12.2 Å². The van der Waals surface area contributed by atoms with E-state index in [1.165, 1.54) is 6.07 Å². The van der Waals surface area contributed by atoms with Gasteiger partial charge in [0, 0.05) is 22.4 Å². The van der Waals surface area contributed by atoms with Crippen molar-refractivity contribution in [1.29, 1.82) is 0 Å². The molecule has 20 heavy (non-hydrogen) atoms. The average Bonchev–Trinajstić information content (AvgIpc) is 2.40. The number of rotatable bonds is 5. The summed E-state index contributed by atoms with van der Waals surface area (Å²) in [5, 5.41) is 2.94. The van der Waals surface area contributed by atoms with E-state index in [-0.39, 0.29) is 0 Å². The second-order valence-electron chi connectivity index (χ2n) is 3.85. The molecule has 0 bridgehead atoms. The van der Waals surface area contributed by atoms with E-state index in [1.54, 1.807) is 6.20 Å². The van der Waals surface area contributed by atoms with Crippen LogP contribution in [0.2, 0.25) is 0 Å². The van der Waals surface area contributed by atoms with Crippen LogP contribution in [0.1, 0.15) is 5.69 Å². The van der Waals surface area contributed by atoms with Gasteiger partial charge in [-0.05, 0) is 40.2 Å². The van der Waals surface area contributed by atoms with Gasteiger partial charge in [-0.1, -0.05) is 0 Å². The number of halogens is 4. The maximum Gasteiger partial charge on any atom is 0.387 e. The Hall–Kier alpha value is -1.76. The van der Waals surface area contributed by atoms with Crippen LogP contribution in [0.15, 0.2) is 41.0 Å². The normalized spacial score (nSPS) is 10.7. The fraction of sp³-hybridized carbons (Fsp3) is 0.154. The highest BCUT2D eigenvalue weighted by atomic mass is 79.9. The molecule has 0 unspecified atom stereocenters. The van der Waals surface area contributed by atoms with Crippen LogP contribution in [0.3, 0.4) is 0 Å². The molecule has 7 heteroatoms. The summed E-state index contributed by atoms with van der Waals surface area (Å²) in [6.07, 6.45) is 1.65. The fourth-order valence-electron chi connectivity index (χ4n) is 1.51. The van der Waals surface area contributed by atoms with Gasteiger partial charge in [0.25, 0.3) is 0 Å². The van der Waals surface area contributed by atoms with Gasteiger partial charge in [-0.2, -0.15) is 8.78 Å². The van der Waals surface area contributed by atoms with E-state index in [4.69, 9.17) is 0 Å². The molecule has 0 spiro atoms. The zero-order valence-electron chi connectivity index (χ0n) is 10.1. The molecule has 0 aliphatic carbocycles. The quantitative estimate of drug-likeness (QED) is 0.881. The third kappa shape index (κ3) is 4.12. The Kier molecular flexibility index (Phi) is 4.84. The molecular weight excluding hydrogens is 337 g/mol. The smallest absolute Gasteiger partial charge is 0.387 e. The molecule has 2 rings (SSSR count). The molecule has 1 aromatic carbocycles. The Balaban J connectivity index is 1.99. The number of hydrogen-bond donors (Lipinski definition) is 1. The Morgan fingerprint density at radius 3 is 2.65 bits per heavy atom. The highest BCUT2D eigenvalue weighted by molar-refractivity contribution is 9.10. The van der Waals surface area contributed by atoms with Gasteiger partial charge < -0.3 is 10.1 Å². The first kappa shape index (κ1) is 14.6. The van der Waals surface area contributed by atoms with Crippen LogP contribution in [-0.4, -0.2) is 11.6 Å². The van der Waals surface area contributed by atoms with Crippen LogP contribution < -0.4 is 10.1 Å². The van der Waals surface area contributed by atoms with Crippen molar-refractivity contribution in [2.75, 3.05) is 5.32 Å². The van der Waals surface area contributed by atoms with Crippen molar-refractivity contribution >= 4 is 21.6 Å². The van der Waals surface area contributed by atoms with Gasteiger partial charge in [-0.15, -0.1) is 0 Å². The molecule has 0 atom stereocenters. The molecule has 3 nitrogen and oxygen atoms in total. The van der Waals surface area contributed by atoms with Gasteiger partial charge in [-0.3, -0.25) is 4.98 Å². The lowest BCUT2D eigenvalue weighted by atomic mass is 10.2. The maximum absolute atomic E-state index is 13.5. The molecule has 1 N–H and O–H groups in total. The number of hydrogen-bond acceptors (Lipinski definition) is 3. The lowest BCUT2D eigenvalue weighted by Crippen LogP contribution is -2.05. The summed E-state index contributed by atoms with van der Waals surface area (Å²) in [4.78, 5) is 4.15. The fourth-order valence-corrected chi connectivity index (χ4v) is 1.74. The van der Waals surface area contributed by atoms with E-state index < -0.39 is 18.2 Å². The molecule has 0 saturated carbocycles. The van der Waals surface area contributed by atoms with Crippen LogP contribution in [0.4, 0.5) is 18.9 Å². The summed E-state index contributed by atoms with van der Waals surface area (Å²) in [7, 11) is 0. The Labute approximate surface area is 121 Å². The van der Waals surface area contributed by atoms with Crippen LogP contribution in [0.5, 0.6) is 5.75 Å². The van der Waals surface area contributed by atoms with Crippen molar-refractivity contribution in [3.63, 3.8) is 0 Å². The standard InChI is InChI=1S/C13H10BrF3N2O/c14-8-1-2-10(18-6-8)7-19-9-3-4-12(11(15)5-9)20-13(16)17/h1-6,13,19H,7H2. The van der Waals surface area contributed by atoms with E-state index in [0.29, 0.717) is 12.2 Å². The summed E-state index contributed by atoms with van der Waals surface area (Å²) in [5.41, 5.74) is 1.22. The third-order valence-electron chi connectivity index (χ3n) is 2.41.